The van der Waals surface area contributed by atoms with Crippen molar-refractivity contribution in [2.45, 2.75) is 31.5 Å². The van der Waals surface area contributed by atoms with Crippen molar-refractivity contribution in [2.24, 2.45) is 0 Å². The van der Waals surface area contributed by atoms with Gasteiger partial charge in [0.1, 0.15) is 0 Å². The normalized spacial score (nSPS) is 20.3. The number of carboxylic acid groups (broad SMARTS) is 1. The van der Waals surface area contributed by atoms with Crippen molar-refractivity contribution in [3.8, 4) is 12.3 Å². The molecule has 23 heavy (non-hydrogen) atoms. The van der Waals surface area contributed by atoms with Crippen LogP contribution in [0.15, 0.2) is 36.1 Å². The van der Waals surface area contributed by atoms with Crippen LogP contribution in [-0.2, 0) is 14.3 Å². The lowest BCUT2D eigenvalue weighted by molar-refractivity contribution is -0.157. The fourth-order valence-corrected chi connectivity index (χ4v) is 2.40. The van der Waals surface area contributed by atoms with Crippen LogP contribution < -0.4 is 0 Å². The van der Waals surface area contributed by atoms with Crippen LogP contribution in [0.2, 0.25) is 0 Å². The van der Waals surface area contributed by atoms with E-state index < -0.39 is 12.3 Å². The summed E-state index contributed by atoms with van der Waals surface area (Å²) in [5, 5.41) is 18.0. The highest BCUT2D eigenvalue weighted by Gasteiger charge is 2.28. The van der Waals surface area contributed by atoms with Gasteiger partial charge in [-0.15, -0.1) is 6.42 Å². The van der Waals surface area contributed by atoms with Crippen molar-refractivity contribution in [1.82, 2.24) is 0 Å². The zero-order chi connectivity index (χ0) is 16.7. The SMILES string of the molecule is C#Cc1ccc([C@H]2C=C(C(=O)O)O[C@@H](OCCCCO)C2)cc1. The van der Waals surface area contributed by atoms with Gasteiger partial charge >= 0.3 is 5.97 Å². The molecule has 2 rings (SSSR count). The number of carbonyl (C=O) groups is 1. The predicted octanol–water partition coefficient (Wildman–Crippen LogP) is 2.26. The molecule has 1 aliphatic heterocycles. The number of terminal acetylenes is 1. The van der Waals surface area contributed by atoms with Gasteiger partial charge in [-0.1, -0.05) is 18.1 Å². The molecule has 0 aromatic heterocycles. The number of carboxylic acids is 1. The highest BCUT2D eigenvalue weighted by Crippen LogP contribution is 2.31. The number of ether oxygens (including phenoxy) is 2. The summed E-state index contributed by atoms with van der Waals surface area (Å²) in [5.74, 6) is 1.23. The Balaban J connectivity index is 2.08. The van der Waals surface area contributed by atoms with Crippen molar-refractivity contribution in [1.29, 1.82) is 0 Å². The van der Waals surface area contributed by atoms with Crippen molar-refractivity contribution >= 4 is 5.97 Å². The van der Waals surface area contributed by atoms with Gasteiger partial charge in [-0.3, -0.25) is 0 Å². The molecule has 2 atom stereocenters. The van der Waals surface area contributed by atoms with Crippen molar-refractivity contribution in [2.75, 3.05) is 13.2 Å². The Morgan fingerprint density at radius 3 is 2.70 bits per heavy atom. The summed E-state index contributed by atoms with van der Waals surface area (Å²) in [5.41, 5.74) is 1.75. The number of hydrogen-bond acceptors (Lipinski definition) is 4. The molecule has 1 aromatic carbocycles. The van der Waals surface area contributed by atoms with Crippen molar-refractivity contribution in [3.63, 3.8) is 0 Å². The minimum Gasteiger partial charge on any atom is -0.475 e. The van der Waals surface area contributed by atoms with Gasteiger partial charge in [-0.05, 0) is 36.6 Å². The van der Waals surface area contributed by atoms with Gasteiger partial charge < -0.3 is 19.7 Å². The summed E-state index contributed by atoms with van der Waals surface area (Å²) in [6.45, 7) is 0.528. The quantitative estimate of drug-likeness (QED) is 0.596. The van der Waals surface area contributed by atoms with E-state index in [0.29, 0.717) is 25.9 Å². The molecule has 1 aliphatic rings. The van der Waals surface area contributed by atoms with E-state index in [1.165, 1.54) is 0 Å². The van der Waals surface area contributed by atoms with E-state index in [9.17, 15) is 9.90 Å². The van der Waals surface area contributed by atoms with E-state index in [2.05, 4.69) is 5.92 Å². The van der Waals surface area contributed by atoms with E-state index in [1.807, 2.05) is 24.3 Å². The molecule has 122 valence electrons. The molecule has 0 saturated carbocycles. The number of aliphatic hydroxyl groups is 1. The monoisotopic (exact) mass is 316 g/mol. The van der Waals surface area contributed by atoms with E-state index in [0.717, 1.165) is 11.1 Å². The summed E-state index contributed by atoms with van der Waals surface area (Å²) in [6.07, 6.45) is 8.21. The fraction of sp³-hybridized carbons (Fsp3) is 0.389. The molecule has 0 saturated heterocycles. The van der Waals surface area contributed by atoms with Gasteiger partial charge in [0.25, 0.3) is 0 Å². The fourth-order valence-electron chi connectivity index (χ4n) is 2.40. The first kappa shape index (κ1) is 17.1. The highest BCUT2D eigenvalue weighted by atomic mass is 16.7. The minimum absolute atomic E-state index is 0.102. The standard InChI is InChI=1S/C18H20O5/c1-2-13-5-7-14(8-6-13)15-11-16(18(20)21)23-17(12-15)22-10-4-3-9-19/h1,5-8,11,15,17,19H,3-4,9-10,12H2,(H,20,21)/t15-,17+/m0/s1. The van der Waals surface area contributed by atoms with Gasteiger partial charge in [0, 0.05) is 24.5 Å². The third kappa shape index (κ3) is 4.85. The number of aliphatic carboxylic acids is 1. The smallest absolute Gasteiger partial charge is 0.370 e. The molecular weight excluding hydrogens is 296 g/mol. The Bertz CT molecular complexity index is 597. The van der Waals surface area contributed by atoms with E-state index >= 15 is 0 Å². The maximum atomic E-state index is 11.2. The second-order valence-corrected chi connectivity index (χ2v) is 5.29. The third-order valence-electron chi connectivity index (χ3n) is 3.63. The summed E-state index contributed by atoms with van der Waals surface area (Å²) < 4.78 is 11.0. The first-order chi connectivity index (χ1) is 11.1. The molecule has 0 spiro atoms. The summed E-state index contributed by atoms with van der Waals surface area (Å²) in [7, 11) is 0. The molecule has 0 radical (unpaired) electrons. The van der Waals surface area contributed by atoms with Gasteiger partial charge in [-0.25, -0.2) is 4.79 Å². The van der Waals surface area contributed by atoms with Gasteiger partial charge in [0.05, 0.1) is 6.61 Å². The number of rotatable bonds is 7. The number of aliphatic hydroxyl groups excluding tert-OH is 1. The molecule has 2 N–H and O–H groups in total. The molecule has 5 heteroatoms. The Kier molecular flexibility index (Phi) is 6.21. The maximum absolute atomic E-state index is 11.2. The molecule has 1 aromatic rings. The van der Waals surface area contributed by atoms with Crippen LogP contribution in [0.5, 0.6) is 0 Å². The topological polar surface area (TPSA) is 76.0 Å². The molecule has 0 amide bonds. The minimum atomic E-state index is -1.11. The second-order valence-electron chi connectivity index (χ2n) is 5.29. The van der Waals surface area contributed by atoms with Crippen molar-refractivity contribution < 1.29 is 24.5 Å². The average molecular weight is 316 g/mol. The maximum Gasteiger partial charge on any atom is 0.370 e. The van der Waals surface area contributed by atoms with Crippen LogP contribution in [0, 0.1) is 12.3 Å². The average Bonchev–Trinajstić information content (AvgIpc) is 2.58. The summed E-state index contributed by atoms with van der Waals surface area (Å²) in [4.78, 5) is 11.2. The van der Waals surface area contributed by atoms with Crippen LogP contribution in [0.1, 0.15) is 36.3 Å². The Morgan fingerprint density at radius 1 is 1.35 bits per heavy atom. The van der Waals surface area contributed by atoms with Crippen LogP contribution in [-0.4, -0.2) is 35.7 Å². The molecule has 5 nitrogen and oxygen atoms in total. The number of hydrogen-bond donors (Lipinski definition) is 2. The predicted molar refractivity (Wildman–Crippen MR) is 84.6 cm³/mol. The molecule has 0 bridgehead atoms. The summed E-state index contributed by atoms with van der Waals surface area (Å²) >= 11 is 0. The van der Waals surface area contributed by atoms with Crippen LogP contribution >= 0.6 is 0 Å². The Hall–Kier alpha value is -2.29. The zero-order valence-electron chi connectivity index (χ0n) is 12.8. The molecule has 1 heterocycles. The lowest BCUT2D eigenvalue weighted by Gasteiger charge is -2.28. The van der Waals surface area contributed by atoms with Crippen LogP contribution in [0.25, 0.3) is 0 Å². The van der Waals surface area contributed by atoms with Gasteiger partial charge in [0.2, 0.25) is 12.0 Å². The lowest BCUT2D eigenvalue weighted by atomic mass is 9.92. The molecular formula is C18H20O5. The van der Waals surface area contributed by atoms with Gasteiger partial charge in [0.15, 0.2) is 0 Å². The number of unbranched alkanes of at least 4 members (excludes halogenated alkanes) is 1. The lowest BCUT2D eigenvalue weighted by Crippen LogP contribution is -2.27. The first-order valence-electron chi connectivity index (χ1n) is 7.55. The number of allylic oxidation sites excluding steroid dienone is 1. The second kappa shape index (κ2) is 8.37. The Labute approximate surface area is 135 Å². The van der Waals surface area contributed by atoms with Gasteiger partial charge in [-0.2, -0.15) is 0 Å². The highest BCUT2D eigenvalue weighted by molar-refractivity contribution is 5.84. The van der Waals surface area contributed by atoms with E-state index in [4.69, 9.17) is 21.0 Å². The van der Waals surface area contributed by atoms with Crippen LogP contribution in [0.4, 0.5) is 0 Å². The Morgan fingerprint density at radius 2 is 2.09 bits per heavy atom. The van der Waals surface area contributed by atoms with E-state index in [1.54, 1.807) is 6.08 Å². The third-order valence-corrected chi connectivity index (χ3v) is 3.63. The number of benzene rings is 1. The van der Waals surface area contributed by atoms with Crippen LogP contribution in [0.3, 0.4) is 0 Å². The first-order valence-corrected chi connectivity index (χ1v) is 7.55. The largest absolute Gasteiger partial charge is 0.475 e. The molecule has 0 aliphatic carbocycles. The van der Waals surface area contributed by atoms with Crippen molar-refractivity contribution in [3.05, 3.63) is 47.2 Å². The zero-order valence-corrected chi connectivity index (χ0v) is 12.8. The molecule has 0 unspecified atom stereocenters. The summed E-state index contributed by atoms with van der Waals surface area (Å²) in [6, 6.07) is 7.44. The molecule has 0 fully saturated rings. The van der Waals surface area contributed by atoms with E-state index in [-0.39, 0.29) is 18.3 Å².